The highest BCUT2D eigenvalue weighted by Gasteiger charge is 2.17. The van der Waals surface area contributed by atoms with E-state index in [0.717, 1.165) is 31.7 Å². The molecule has 1 aliphatic heterocycles. The van der Waals surface area contributed by atoms with Crippen LogP contribution in [-0.4, -0.2) is 32.4 Å². The van der Waals surface area contributed by atoms with E-state index in [1.165, 1.54) is 0 Å². The molecule has 1 aromatic rings. The van der Waals surface area contributed by atoms with E-state index in [4.69, 9.17) is 9.47 Å². The summed E-state index contributed by atoms with van der Waals surface area (Å²) in [5.41, 5.74) is 0.699. The number of methoxy groups -OCH3 is 1. The molecule has 1 atom stereocenters. The fourth-order valence-corrected chi connectivity index (χ4v) is 1.89. The zero-order valence-corrected chi connectivity index (χ0v) is 10.4. The molecule has 0 radical (unpaired) electrons. The third-order valence-corrected chi connectivity index (χ3v) is 2.86. The van der Waals surface area contributed by atoms with E-state index in [0.29, 0.717) is 5.69 Å². The van der Waals surface area contributed by atoms with Gasteiger partial charge in [-0.05, 0) is 43.7 Å². The molecule has 0 bridgehead atoms. The largest absolute Gasteiger partial charge is 0.497 e. The number of ether oxygens (including phenoxy) is 2. The Bertz CT molecular complexity index is 386. The summed E-state index contributed by atoms with van der Waals surface area (Å²) in [6, 6.07) is 7.13. The molecule has 1 aromatic carbocycles. The summed E-state index contributed by atoms with van der Waals surface area (Å²) in [6.07, 6.45) is 1.52. The molecule has 0 saturated carbocycles. The predicted molar refractivity (Wildman–Crippen MR) is 69.0 cm³/mol. The molecule has 0 aliphatic carbocycles. The van der Waals surface area contributed by atoms with Gasteiger partial charge in [0.2, 0.25) is 0 Å². The number of piperidine rings is 1. The van der Waals surface area contributed by atoms with Gasteiger partial charge in [0.25, 0.3) is 0 Å². The van der Waals surface area contributed by atoms with Gasteiger partial charge in [0, 0.05) is 12.2 Å². The van der Waals surface area contributed by atoms with Crippen molar-refractivity contribution in [2.24, 2.45) is 0 Å². The van der Waals surface area contributed by atoms with Crippen molar-refractivity contribution in [3.05, 3.63) is 24.3 Å². The molecule has 1 aliphatic rings. The summed E-state index contributed by atoms with van der Waals surface area (Å²) in [4.78, 5) is 11.6. The van der Waals surface area contributed by atoms with Gasteiger partial charge in [-0.25, -0.2) is 4.79 Å². The second-order valence-corrected chi connectivity index (χ2v) is 4.23. The van der Waals surface area contributed by atoms with Crippen LogP contribution >= 0.6 is 0 Å². The third-order valence-electron chi connectivity index (χ3n) is 2.86. The number of carbonyl (C=O) groups excluding carboxylic acids is 1. The lowest BCUT2D eigenvalue weighted by atomic mass is 10.1. The molecule has 0 aromatic heterocycles. The number of hydrogen-bond donors (Lipinski definition) is 2. The minimum atomic E-state index is -0.408. The molecule has 5 heteroatoms. The fraction of sp³-hybridized carbons (Fsp3) is 0.462. The van der Waals surface area contributed by atoms with Gasteiger partial charge in [-0.1, -0.05) is 0 Å². The first-order valence-corrected chi connectivity index (χ1v) is 6.10. The lowest BCUT2D eigenvalue weighted by molar-refractivity contribution is 0.0941. The molecule has 1 saturated heterocycles. The van der Waals surface area contributed by atoms with Crippen LogP contribution in [0.2, 0.25) is 0 Å². The maximum atomic E-state index is 11.6. The van der Waals surface area contributed by atoms with Gasteiger partial charge in [-0.15, -0.1) is 0 Å². The predicted octanol–water partition coefficient (Wildman–Crippen LogP) is 2.00. The lowest BCUT2D eigenvalue weighted by Gasteiger charge is -2.22. The minimum Gasteiger partial charge on any atom is -0.497 e. The number of carbonyl (C=O) groups is 1. The van der Waals surface area contributed by atoms with Crippen LogP contribution in [0.1, 0.15) is 12.8 Å². The van der Waals surface area contributed by atoms with Crippen LogP contribution in [0.15, 0.2) is 24.3 Å². The maximum absolute atomic E-state index is 11.6. The number of anilines is 1. The molecule has 98 valence electrons. The fourth-order valence-electron chi connectivity index (χ4n) is 1.89. The Morgan fingerprint density at radius 3 is 2.78 bits per heavy atom. The van der Waals surface area contributed by atoms with Gasteiger partial charge < -0.3 is 14.8 Å². The molecule has 1 heterocycles. The number of amides is 1. The zero-order chi connectivity index (χ0) is 12.8. The van der Waals surface area contributed by atoms with Crippen LogP contribution in [0, 0.1) is 0 Å². The first-order chi connectivity index (χ1) is 8.78. The monoisotopic (exact) mass is 250 g/mol. The summed E-state index contributed by atoms with van der Waals surface area (Å²) >= 11 is 0. The second-order valence-electron chi connectivity index (χ2n) is 4.23. The van der Waals surface area contributed by atoms with Gasteiger partial charge in [0.05, 0.1) is 7.11 Å². The van der Waals surface area contributed by atoms with Crippen LogP contribution in [-0.2, 0) is 4.74 Å². The summed E-state index contributed by atoms with van der Waals surface area (Å²) in [7, 11) is 1.60. The van der Waals surface area contributed by atoms with Crippen LogP contribution in [0.5, 0.6) is 5.75 Å². The highest BCUT2D eigenvalue weighted by atomic mass is 16.6. The van der Waals surface area contributed by atoms with E-state index in [1.807, 2.05) is 0 Å². The normalized spacial score (nSPS) is 19.1. The van der Waals surface area contributed by atoms with Crippen molar-refractivity contribution < 1.29 is 14.3 Å². The summed E-state index contributed by atoms with van der Waals surface area (Å²) < 4.78 is 10.4. The van der Waals surface area contributed by atoms with Crippen molar-refractivity contribution in [1.82, 2.24) is 5.32 Å². The van der Waals surface area contributed by atoms with E-state index in [-0.39, 0.29) is 6.10 Å². The Morgan fingerprint density at radius 2 is 2.17 bits per heavy atom. The van der Waals surface area contributed by atoms with Gasteiger partial charge in [0.1, 0.15) is 11.9 Å². The van der Waals surface area contributed by atoms with Gasteiger partial charge in [-0.2, -0.15) is 0 Å². The lowest BCUT2D eigenvalue weighted by Crippen LogP contribution is -2.37. The first kappa shape index (κ1) is 12.7. The van der Waals surface area contributed by atoms with Crippen molar-refractivity contribution in [2.45, 2.75) is 18.9 Å². The Labute approximate surface area is 106 Å². The van der Waals surface area contributed by atoms with E-state index >= 15 is 0 Å². The summed E-state index contributed by atoms with van der Waals surface area (Å²) in [5, 5.41) is 5.89. The van der Waals surface area contributed by atoms with E-state index < -0.39 is 6.09 Å². The molecule has 0 unspecified atom stereocenters. The van der Waals surface area contributed by atoms with E-state index in [1.54, 1.807) is 31.4 Å². The molecule has 5 nitrogen and oxygen atoms in total. The standard InChI is InChI=1S/C13H18N2O3/c1-17-11-6-4-10(5-7-11)15-13(16)18-12-3-2-8-14-9-12/h4-7,12,14H,2-3,8-9H2,1H3,(H,15,16)/t12-/m0/s1. The van der Waals surface area contributed by atoms with Crippen molar-refractivity contribution >= 4 is 11.8 Å². The molecule has 1 amide bonds. The van der Waals surface area contributed by atoms with Crippen LogP contribution in [0.3, 0.4) is 0 Å². The highest BCUT2D eigenvalue weighted by Crippen LogP contribution is 2.15. The van der Waals surface area contributed by atoms with Crippen molar-refractivity contribution in [3.63, 3.8) is 0 Å². The van der Waals surface area contributed by atoms with Crippen LogP contribution < -0.4 is 15.4 Å². The average molecular weight is 250 g/mol. The number of nitrogens with one attached hydrogen (secondary N) is 2. The highest BCUT2D eigenvalue weighted by molar-refractivity contribution is 5.84. The molecule has 2 N–H and O–H groups in total. The number of hydrogen-bond acceptors (Lipinski definition) is 4. The van der Waals surface area contributed by atoms with Gasteiger partial charge >= 0.3 is 6.09 Å². The molecular formula is C13H18N2O3. The maximum Gasteiger partial charge on any atom is 0.411 e. The van der Waals surface area contributed by atoms with E-state index in [2.05, 4.69) is 10.6 Å². The minimum absolute atomic E-state index is 0.0306. The smallest absolute Gasteiger partial charge is 0.411 e. The quantitative estimate of drug-likeness (QED) is 0.861. The van der Waals surface area contributed by atoms with Crippen LogP contribution in [0.25, 0.3) is 0 Å². The Morgan fingerprint density at radius 1 is 1.39 bits per heavy atom. The third kappa shape index (κ3) is 3.63. The zero-order valence-electron chi connectivity index (χ0n) is 10.4. The van der Waals surface area contributed by atoms with Crippen molar-refractivity contribution in [2.75, 3.05) is 25.5 Å². The number of benzene rings is 1. The topological polar surface area (TPSA) is 59.6 Å². The SMILES string of the molecule is COc1ccc(NC(=O)O[C@H]2CCCNC2)cc1. The molecular weight excluding hydrogens is 232 g/mol. The Kier molecular flexibility index (Phi) is 4.41. The molecule has 1 fully saturated rings. The van der Waals surface area contributed by atoms with Crippen molar-refractivity contribution in [3.8, 4) is 5.75 Å². The Hall–Kier alpha value is -1.75. The van der Waals surface area contributed by atoms with Gasteiger partial charge in [-0.3, -0.25) is 5.32 Å². The van der Waals surface area contributed by atoms with Crippen molar-refractivity contribution in [1.29, 1.82) is 0 Å². The summed E-state index contributed by atoms with van der Waals surface area (Å²) in [6.45, 7) is 1.73. The molecule has 0 spiro atoms. The second kappa shape index (κ2) is 6.26. The summed E-state index contributed by atoms with van der Waals surface area (Å²) in [5.74, 6) is 0.755. The number of rotatable bonds is 3. The first-order valence-electron chi connectivity index (χ1n) is 6.10. The van der Waals surface area contributed by atoms with Gasteiger partial charge in [0.15, 0.2) is 0 Å². The molecule has 2 rings (SSSR count). The Balaban J connectivity index is 1.82. The molecule has 18 heavy (non-hydrogen) atoms. The average Bonchev–Trinajstić information content (AvgIpc) is 2.40. The van der Waals surface area contributed by atoms with E-state index in [9.17, 15) is 4.79 Å². The van der Waals surface area contributed by atoms with Crippen LogP contribution in [0.4, 0.5) is 10.5 Å².